The topological polar surface area (TPSA) is 24.1 Å². The van der Waals surface area contributed by atoms with E-state index in [0.717, 1.165) is 23.4 Å². The highest BCUT2D eigenvalue weighted by molar-refractivity contribution is 7.80. The molecule has 0 aromatic heterocycles. The zero-order valence-corrected chi connectivity index (χ0v) is 15.9. The molecular weight excluding hydrogens is 336 g/mol. The molecule has 0 unspecified atom stereocenters. The number of rotatable bonds is 6. The van der Waals surface area contributed by atoms with Crippen LogP contribution in [-0.4, -0.2) is 5.11 Å². The van der Waals surface area contributed by atoms with Gasteiger partial charge in [-0.15, -0.1) is 0 Å². The lowest BCUT2D eigenvalue weighted by Crippen LogP contribution is -2.19. The molecule has 0 saturated carbocycles. The maximum Gasteiger partial charge on any atom is 0.175 e. The van der Waals surface area contributed by atoms with E-state index in [1.165, 1.54) is 24.0 Å². The number of anilines is 2. The Balaban J connectivity index is 1.67. The van der Waals surface area contributed by atoms with Crippen molar-refractivity contribution in [3.63, 3.8) is 0 Å². The third-order valence-electron chi connectivity index (χ3n) is 4.29. The van der Waals surface area contributed by atoms with Gasteiger partial charge in [0, 0.05) is 16.9 Å². The Morgan fingerprint density at radius 2 is 1.50 bits per heavy atom. The van der Waals surface area contributed by atoms with Gasteiger partial charge >= 0.3 is 0 Å². The van der Waals surface area contributed by atoms with E-state index in [2.05, 4.69) is 60.0 Å². The normalized spacial score (nSPS) is 10.3. The van der Waals surface area contributed by atoms with E-state index in [4.69, 9.17) is 12.2 Å². The van der Waals surface area contributed by atoms with Gasteiger partial charge in [-0.3, -0.25) is 0 Å². The van der Waals surface area contributed by atoms with E-state index >= 15 is 0 Å². The second kappa shape index (κ2) is 9.16. The van der Waals surface area contributed by atoms with Crippen molar-refractivity contribution in [1.29, 1.82) is 0 Å². The molecule has 0 heterocycles. The predicted molar refractivity (Wildman–Crippen MR) is 117 cm³/mol. The molecule has 2 nitrogen and oxygen atoms in total. The smallest absolute Gasteiger partial charge is 0.175 e. The second-order valence-electron chi connectivity index (χ2n) is 6.29. The molecule has 2 N–H and O–H groups in total. The van der Waals surface area contributed by atoms with Gasteiger partial charge < -0.3 is 10.6 Å². The van der Waals surface area contributed by atoms with Crippen LogP contribution in [0.5, 0.6) is 0 Å². The van der Waals surface area contributed by atoms with Crippen LogP contribution >= 0.6 is 12.2 Å². The van der Waals surface area contributed by atoms with Gasteiger partial charge in [0.25, 0.3) is 0 Å². The van der Waals surface area contributed by atoms with Crippen LogP contribution in [0.2, 0.25) is 0 Å². The number of thiocarbonyl (C=S) groups is 1. The molecule has 0 radical (unpaired) electrons. The standard InChI is InChI=1S/C23H24N2S/c1-2-3-9-18-14-16-20(17-15-18)24-23(26)25-22-13-8-7-12-21(22)19-10-5-4-6-11-19/h4-8,10-17H,2-3,9H2,1H3,(H2,24,25,26). The Labute approximate surface area is 161 Å². The van der Waals surface area contributed by atoms with Gasteiger partial charge in [0.2, 0.25) is 0 Å². The molecule has 3 heteroatoms. The lowest BCUT2D eigenvalue weighted by molar-refractivity contribution is 0.795. The molecule has 3 aromatic rings. The Bertz CT molecular complexity index is 842. The molecule has 0 saturated heterocycles. The summed E-state index contributed by atoms with van der Waals surface area (Å²) >= 11 is 5.51. The van der Waals surface area contributed by atoms with Crippen LogP contribution in [0.15, 0.2) is 78.9 Å². The van der Waals surface area contributed by atoms with Crippen molar-refractivity contribution >= 4 is 28.7 Å². The largest absolute Gasteiger partial charge is 0.332 e. The molecule has 0 bridgehead atoms. The van der Waals surface area contributed by atoms with Crippen LogP contribution in [0.1, 0.15) is 25.3 Å². The molecule has 0 fully saturated rings. The second-order valence-corrected chi connectivity index (χ2v) is 6.70. The van der Waals surface area contributed by atoms with Gasteiger partial charge in [0.1, 0.15) is 0 Å². The number of nitrogens with one attached hydrogen (secondary N) is 2. The van der Waals surface area contributed by atoms with E-state index in [9.17, 15) is 0 Å². The summed E-state index contributed by atoms with van der Waals surface area (Å²) in [4.78, 5) is 0. The van der Waals surface area contributed by atoms with Crippen LogP contribution < -0.4 is 10.6 Å². The lowest BCUT2D eigenvalue weighted by atomic mass is 10.0. The van der Waals surface area contributed by atoms with Gasteiger partial charge in [0.05, 0.1) is 0 Å². The Morgan fingerprint density at radius 1 is 0.808 bits per heavy atom. The molecule has 3 rings (SSSR count). The highest BCUT2D eigenvalue weighted by Gasteiger charge is 2.06. The Hall–Kier alpha value is -2.65. The van der Waals surface area contributed by atoms with Gasteiger partial charge in [0.15, 0.2) is 5.11 Å². The Morgan fingerprint density at radius 3 is 2.23 bits per heavy atom. The summed E-state index contributed by atoms with van der Waals surface area (Å²) in [6.45, 7) is 2.22. The fourth-order valence-electron chi connectivity index (χ4n) is 2.88. The zero-order valence-electron chi connectivity index (χ0n) is 15.0. The molecule has 3 aromatic carbocycles. The van der Waals surface area contributed by atoms with E-state index in [1.54, 1.807) is 0 Å². The van der Waals surface area contributed by atoms with Gasteiger partial charge in [-0.25, -0.2) is 0 Å². The summed E-state index contributed by atoms with van der Waals surface area (Å²) in [5.41, 5.74) is 5.66. The summed E-state index contributed by atoms with van der Waals surface area (Å²) in [6.07, 6.45) is 3.57. The fraction of sp³-hybridized carbons (Fsp3) is 0.174. The van der Waals surface area contributed by atoms with Crippen molar-refractivity contribution < 1.29 is 0 Å². The van der Waals surface area contributed by atoms with Crippen LogP contribution in [0.25, 0.3) is 11.1 Å². The van der Waals surface area contributed by atoms with Crippen LogP contribution in [-0.2, 0) is 6.42 Å². The number of hydrogen-bond acceptors (Lipinski definition) is 1. The summed E-state index contributed by atoms with van der Waals surface area (Å²) in [5, 5.41) is 7.19. The van der Waals surface area contributed by atoms with E-state index in [-0.39, 0.29) is 0 Å². The highest BCUT2D eigenvalue weighted by Crippen LogP contribution is 2.27. The molecule has 26 heavy (non-hydrogen) atoms. The average Bonchev–Trinajstić information content (AvgIpc) is 2.68. The molecule has 0 aliphatic heterocycles. The van der Waals surface area contributed by atoms with Gasteiger partial charge in [-0.05, 0) is 54.4 Å². The first-order chi connectivity index (χ1) is 12.8. The number of unbranched alkanes of at least 4 members (excludes halogenated alkanes) is 1. The van der Waals surface area contributed by atoms with E-state index in [1.807, 2.05) is 36.4 Å². The zero-order chi connectivity index (χ0) is 18.2. The third-order valence-corrected chi connectivity index (χ3v) is 4.49. The maximum atomic E-state index is 5.51. The molecule has 0 spiro atoms. The molecule has 0 aliphatic carbocycles. The quantitative estimate of drug-likeness (QED) is 0.490. The number of aryl methyl sites for hydroxylation is 1. The first kappa shape index (κ1) is 18.2. The predicted octanol–water partition coefficient (Wildman–Crippen LogP) is 6.51. The first-order valence-electron chi connectivity index (χ1n) is 9.07. The van der Waals surface area contributed by atoms with Crippen LogP contribution in [0, 0.1) is 0 Å². The van der Waals surface area contributed by atoms with Crippen LogP contribution in [0.4, 0.5) is 11.4 Å². The lowest BCUT2D eigenvalue weighted by Gasteiger charge is -2.14. The van der Waals surface area contributed by atoms with Crippen molar-refractivity contribution in [3.05, 3.63) is 84.4 Å². The number of para-hydroxylation sites is 1. The summed E-state index contributed by atoms with van der Waals surface area (Å²) < 4.78 is 0. The van der Waals surface area contributed by atoms with Gasteiger partial charge in [-0.1, -0.05) is 74.0 Å². The Kier molecular flexibility index (Phi) is 6.39. The summed E-state index contributed by atoms with van der Waals surface area (Å²) in [5.74, 6) is 0. The molecular formula is C23H24N2S. The average molecular weight is 361 g/mol. The van der Waals surface area contributed by atoms with Crippen molar-refractivity contribution in [1.82, 2.24) is 0 Å². The van der Waals surface area contributed by atoms with Crippen molar-refractivity contribution in [3.8, 4) is 11.1 Å². The van der Waals surface area contributed by atoms with Crippen molar-refractivity contribution in [2.24, 2.45) is 0 Å². The van der Waals surface area contributed by atoms with E-state index in [0.29, 0.717) is 5.11 Å². The minimum absolute atomic E-state index is 0.592. The molecule has 0 amide bonds. The third kappa shape index (κ3) is 4.93. The van der Waals surface area contributed by atoms with Crippen molar-refractivity contribution in [2.45, 2.75) is 26.2 Å². The molecule has 0 atom stereocenters. The molecule has 0 aliphatic rings. The van der Waals surface area contributed by atoms with Crippen molar-refractivity contribution in [2.75, 3.05) is 10.6 Å². The van der Waals surface area contributed by atoms with E-state index < -0.39 is 0 Å². The summed E-state index contributed by atoms with van der Waals surface area (Å²) in [6, 6.07) is 27.0. The maximum absolute atomic E-state index is 5.51. The minimum atomic E-state index is 0.592. The minimum Gasteiger partial charge on any atom is -0.332 e. The number of hydrogen-bond donors (Lipinski definition) is 2. The fourth-order valence-corrected chi connectivity index (χ4v) is 3.11. The van der Waals surface area contributed by atoms with Gasteiger partial charge in [-0.2, -0.15) is 0 Å². The SMILES string of the molecule is CCCCc1ccc(NC(=S)Nc2ccccc2-c2ccccc2)cc1. The first-order valence-corrected chi connectivity index (χ1v) is 9.48. The van der Waals surface area contributed by atoms with Crippen LogP contribution in [0.3, 0.4) is 0 Å². The monoisotopic (exact) mass is 360 g/mol. The summed E-state index contributed by atoms with van der Waals surface area (Å²) in [7, 11) is 0. The molecule has 132 valence electrons. The highest BCUT2D eigenvalue weighted by atomic mass is 32.1. The number of benzene rings is 3.